The zero-order valence-electron chi connectivity index (χ0n) is 13.6. The lowest BCUT2D eigenvalue weighted by Crippen LogP contribution is -2.41. The van der Waals surface area contributed by atoms with Gasteiger partial charge in [0.1, 0.15) is 0 Å². The molecule has 23 heavy (non-hydrogen) atoms. The second-order valence-corrected chi connectivity index (χ2v) is 8.22. The third-order valence-electron chi connectivity index (χ3n) is 7.18. The number of ketones is 2. The molecule has 0 saturated heterocycles. The van der Waals surface area contributed by atoms with Crippen molar-refractivity contribution < 1.29 is 9.59 Å². The molecule has 0 spiro atoms. The summed E-state index contributed by atoms with van der Waals surface area (Å²) in [6, 6.07) is 6.07. The van der Waals surface area contributed by atoms with Crippen LogP contribution in [0.25, 0.3) is 0 Å². The van der Waals surface area contributed by atoms with Crippen molar-refractivity contribution >= 4 is 11.6 Å². The van der Waals surface area contributed by atoms with Gasteiger partial charge in [0.05, 0.1) is 0 Å². The fourth-order valence-corrected chi connectivity index (χ4v) is 6.20. The SMILES string of the molecule is O=C1c2cccc(C3CCCCC3)c2C(=O)C2C3CCC(C3)C12. The van der Waals surface area contributed by atoms with Crippen LogP contribution in [0.3, 0.4) is 0 Å². The molecule has 3 fully saturated rings. The average molecular weight is 308 g/mol. The number of carbonyl (C=O) groups excluding carboxylic acids is 2. The lowest BCUT2D eigenvalue weighted by Gasteiger charge is -2.36. The molecule has 4 aliphatic rings. The van der Waals surface area contributed by atoms with E-state index in [2.05, 4.69) is 6.07 Å². The summed E-state index contributed by atoms with van der Waals surface area (Å²) in [5, 5.41) is 0. The highest BCUT2D eigenvalue weighted by Gasteiger charge is 2.57. The first-order chi connectivity index (χ1) is 11.3. The lowest BCUT2D eigenvalue weighted by atomic mass is 9.65. The number of benzene rings is 1. The van der Waals surface area contributed by atoms with E-state index in [0.717, 1.165) is 30.4 Å². The van der Waals surface area contributed by atoms with Crippen LogP contribution in [0.1, 0.15) is 83.6 Å². The zero-order valence-corrected chi connectivity index (χ0v) is 13.6. The van der Waals surface area contributed by atoms with Crippen LogP contribution in [-0.2, 0) is 0 Å². The van der Waals surface area contributed by atoms with E-state index in [1.54, 1.807) is 0 Å². The van der Waals surface area contributed by atoms with Gasteiger partial charge in [0, 0.05) is 23.0 Å². The van der Waals surface area contributed by atoms with Crippen LogP contribution in [0.2, 0.25) is 0 Å². The van der Waals surface area contributed by atoms with Crippen molar-refractivity contribution in [3.63, 3.8) is 0 Å². The van der Waals surface area contributed by atoms with Crippen molar-refractivity contribution in [1.82, 2.24) is 0 Å². The van der Waals surface area contributed by atoms with Crippen molar-refractivity contribution in [2.24, 2.45) is 23.7 Å². The molecule has 4 atom stereocenters. The van der Waals surface area contributed by atoms with Crippen LogP contribution in [0, 0.1) is 23.7 Å². The van der Waals surface area contributed by atoms with Crippen molar-refractivity contribution in [3.05, 3.63) is 34.9 Å². The average Bonchev–Trinajstić information content (AvgIpc) is 3.21. The van der Waals surface area contributed by atoms with Gasteiger partial charge in [-0.15, -0.1) is 0 Å². The molecule has 1 aromatic carbocycles. The molecule has 0 amide bonds. The smallest absolute Gasteiger partial charge is 0.167 e. The van der Waals surface area contributed by atoms with Crippen LogP contribution >= 0.6 is 0 Å². The molecule has 1 aromatic rings. The molecule has 5 rings (SSSR count). The van der Waals surface area contributed by atoms with Crippen molar-refractivity contribution in [2.45, 2.75) is 57.3 Å². The molecule has 0 radical (unpaired) electrons. The highest BCUT2D eigenvalue weighted by molar-refractivity contribution is 6.17. The summed E-state index contributed by atoms with van der Waals surface area (Å²) in [7, 11) is 0. The number of fused-ring (bicyclic) bond motifs is 6. The highest BCUT2D eigenvalue weighted by atomic mass is 16.1. The van der Waals surface area contributed by atoms with Gasteiger partial charge in [-0.25, -0.2) is 0 Å². The van der Waals surface area contributed by atoms with Gasteiger partial charge in [0.15, 0.2) is 11.6 Å². The van der Waals surface area contributed by atoms with Crippen LogP contribution in [-0.4, -0.2) is 11.6 Å². The van der Waals surface area contributed by atoms with E-state index in [1.807, 2.05) is 12.1 Å². The topological polar surface area (TPSA) is 34.1 Å². The van der Waals surface area contributed by atoms with E-state index >= 15 is 0 Å². The maximum atomic E-state index is 13.3. The van der Waals surface area contributed by atoms with Gasteiger partial charge in [-0.1, -0.05) is 37.5 Å². The van der Waals surface area contributed by atoms with Gasteiger partial charge in [-0.2, -0.15) is 0 Å². The minimum atomic E-state index is 0.00959. The van der Waals surface area contributed by atoms with Gasteiger partial charge in [0.2, 0.25) is 0 Å². The summed E-state index contributed by atoms with van der Waals surface area (Å²) in [5.74, 6) is 2.08. The molecule has 4 unspecified atom stereocenters. The molecule has 2 nitrogen and oxygen atoms in total. The molecule has 0 heterocycles. The highest BCUT2D eigenvalue weighted by Crippen LogP contribution is 2.56. The molecule has 3 saturated carbocycles. The summed E-state index contributed by atoms with van der Waals surface area (Å²) >= 11 is 0. The number of carbonyl (C=O) groups is 2. The van der Waals surface area contributed by atoms with Crippen LogP contribution in [0.15, 0.2) is 18.2 Å². The fourth-order valence-electron chi connectivity index (χ4n) is 6.20. The maximum absolute atomic E-state index is 13.3. The van der Waals surface area contributed by atoms with Crippen LogP contribution < -0.4 is 0 Å². The van der Waals surface area contributed by atoms with E-state index in [0.29, 0.717) is 23.5 Å². The standard InChI is InChI=1S/C21H24O2/c22-20-16-8-4-7-15(12-5-2-1-3-6-12)19(16)21(23)18-14-10-9-13(11-14)17(18)20/h4,7-8,12-14,17-18H,1-3,5-6,9-11H2. The summed E-state index contributed by atoms with van der Waals surface area (Å²) in [6.07, 6.45) is 9.61. The van der Waals surface area contributed by atoms with Gasteiger partial charge in [-0.3, -0.25) is 9.59 Å². The summed E-state index contributed by atoms with van der Waals surface area (Å²) in [6.45, 7) is 0. The minimum absolute atomic E-state index is 0.00959. The molecular weight excluding hydrogens is 284 g/mol. The maximum Gasteiger partial charge on any atom is 0.167 e. The van der Waals surface area contributed by atoms with Gasteiger partial charge in [0.25, 0.3) is 0 Å². The first-order valence-electron chi connectivity index (χ1n) is 9.47. The zero-order chi connectivity index (χ0) is 15.6. The fraction of sp³-hybridized carbons (Fsp3) is 0.619. The van der Waals surface area contributed by atoms with Gasteiger partial charge in [-0.05, 0) is 55.4 Å². The van der Waals surface area contributed by atoms with Crippen LogP contribution in [0.4, 0.5) is 0 Å². The van der Waals surface area contributed by atoms with Gasteiger partial charge >= 0.3 is 0 Å². The summed E-state index contributed by atoms with van der Waals surface area (Å²) in [5.41, 5.74) is 2.78. The first-order valence-corrected chi connectivity index (χ1v) is 9.47. The number of hydrogen-bond donors (Lipinski definition) is 0. The lowest BCUT2D eigenvalue weighted by molar-refractivity contribution is 0.0659. The third kappa shape index (κ3) is 1.87. The first kappa shape index (κ1) is 13.9. The Bertz CT molecular complexity index is 683. The van der Waals surface area contributed by atoms with Crippen molar-refractivity contribution in [3.8, 4) is 0 Å². The molecule has 4 aliphatic carbocycles. The van der Waals surface area contributed by atoms with Crippen molar-refractivity contribution in [2.75, 3.05) is 0 Å². The Morgan fingerprint density at radius 1 is 0.783 bits per heavy atom. The Morgan fingerprint density at radius 3 is 2.22 bits per heavy atom. The number of rotatable bonds is 1. The van der Waals surface area contributed by atoms with E-state index in [1.165, 1.54) is 37.7 Å². The van der Waals surface area contributed by atoms with E-state index in [9.17, 15) is 9.59 Å². The molecule has 2 bridgehead atoms. The van der Waals surface area contributed by atoms with E-state index < -0.39 is 0 Å². The molecule has 0 N–H and O–H groups in total. The summed E-state index contributed by atoms with van der Waals surface area (Å²) < 4.78 is 0. The van der Waals surface area contributed by atoms with E-state index in [4.69, 9.17) is 0 Å². The minimum Gasteiger partial charge on any atom is -0.294 e. The molecule has 120 valence electrons. The third-order valence-corrected chi connectivity index (χ3v) is 7.18. The Balaban J connectivity index is 1.63. The van der Waals surface area contributed by atoms with Gasteiger partial charge < -0.3 is 0 Å². The predicted molar refractivity (Wildman–Crippen MR) is 88.7 cm³/mol. The Morgan fingerprint density at radius 2 is 1.48 bits per heavy atom. The molecule has 0 aliphatic heterocycles. The summed E-state index contributed by atoms with van der Waals surface area (Å²) in [4.78, 5) is 26.5. The Kier molecular flexibility index (Phi) is 3.05. The Labute approximate surface area is 137 Å². The molecular formula is C21H24O2. The monoisotopic (exact) mass is 308 g/mol. The Hall–Kier alpha value is -1.44. The van der Waals surface area contributed by atoms with E-state index in [-0.39, 0.29) is 17.6 Å². The number of hydrogen-bond acceptors (Lipinski definition) is 2. The molecule has 2 heteroatoms. The van der Waals surface area contributed by atoms with Crippen LogP contribution in [0.5, 0.6) is 0 Å². The number of Topliss-reactive ketones (excluding diaryl/α,β-unsaturated/α-hetero) is 2. The predicted octanol–water partition coefficient (Wildman–Crippen LogP) is 4.78. The molecule has 0 aromatic heterocycles. The second-order valence-electron chi connectivity index (χ2n) is 8.22. The largest absolute Gasteiger partial charge is 0.294 e. The second kappa shape index (κ2) is 5.03. The normalized spacial score (nSPS) is 36.2. The van der Waals surface area contributed by atoms with Crippen molar-refractivity contribution in [1.29, 1.82) is 0 Å². The quantitative estimate of drug-likeness (QED) is 0.748.